The Labute approximate surface area is 235 Å². The number of ether oxygens (including phenoxy) is 3. The predicted molar refractivity (Wildman–Crippen MR) is 151 cm³/mol. The second kappa shape index (κ2) is 13.9. The van der Waals surface area contributed by atoms with Gasteiger partial charge in [0.2, 0.25) is 5.91 Å². The summed E-state index contributed by atoms with van der Waals surface area (Å²) >= 11 is 6.50. The van der Waals surface area contributed by atoms with Crippen LogP contribution in [0.3, 0.4) is 0 Å². The SMILES string of the molecule is COc1cc(OC)cc(OCC(=O)N(Cc2ccccc2Cl)[C@H](Cc2ccccc2)C(=O)NC2CCCC2)c1. The molecule has 1 fully saturated rings. The van der Waals surface area contributed by atoms with Gasteiger partial charge in [0.1, 0.15) is 23.3 Å². The maximum Gasteiger partial charge on any atom is 0.261 e. The Morgan fingerprint density at radius 1 is 0.923 bits per heavy atom. The van der Waals surface area contributed by atoms with E-state index in [2.05, 4.69) is 5.32 Å². The van der Waals surface area contributed by atoms with Crippen molar-refractivity contribution in [3.8, 4) is 17.2 Å². The van der Waals surface area contributed by atoms with Crippen molar-refractivity contribution in [2.75, 3.05) is 20.8 Å². The van der Waals surface area contributed by atoms with E-state index >= 15 is 0 Å². The molecule has 1 aliphatic rings. The third-order valence-electron chi connectivity index (χ3n) is 6.96. The van der Waals surface area contributed by atoms with Crippen LogP contribution >= 0.6 is 11.6 Å². The molecule has 0 heterocycles. The van der Waals surface area contributed by atoms with Gasteiger partial charge in [-0.1, -0.05) is 73.0 Å². The van der Waals surface area contributed by atoms with Crippen LogP contribution in [0.4, 0.5) is 0 Å². The first-order valence-corrected chi connectivity index (χ1v) is 13.6. The lowest BCUT2D eigenvalue weighted by Gasteiger charge is -2.32. The van der Waals surface area contributed by atoms with E-state index in [4.69, 9.17) is 25.8 Å². The summed E-state index contributed by atoms with van der Waals surface area (Å²) in [6.45, 7) is -0.109. The van der Waals surface area contributed by atoms with Crippen LogP contribution in [0.1, 0.15) is 36.8 Å². The fraction of sp³-hybridized carbons (Fsp3) is 0.355. The van der Waals surface area contributed by atoms with Crippen molar-refractivity contribution in [3.63, 3.8) is 0 Å². The molecule has 1 N–H and O–H groups in total. The highest BCUT2D eigenvalue weighted by Gasteiger charge is 2.32. The summed E-state index contributed by atoms with van der Waals surface area (Å²) in [5.74, 6) is 1.01. The molecule has 1 saturated carbocycles. The van der Waals surface area contributed by atoms with Gasteiger partial charge in [0.05, 0.1) is 14.2 Å². The number of nitrogens with zero attached hydrogens (tertiary/aromatic N) is 1. The van der Waals surface area contributed by atoms with Gasteiger partial charge >= 0.3 is 0 Å². The molecule has 1 aliphatic carbocycles. The average Bonchev–Trinajstić information content (AvgIpc) is 3.47. The molecule has 39 heavy (non-hydrogen) atoms. The Bertz CT molecular complexity index is 1220. The first-order chi connectivity index (χ1) is 19.0. The molecule has 3 aromatic carbocycles. The number of benzene rings is 3. The van der Waals surface area contributed by atoms with Crippen LogP contribution in [0.2, 0.25) is 5.02 Å². The molecule has 4 rings (SSSR count). The topological polar surface area (TPSA) is 77.1 Å². The van der Waals surface area contributed by atoms with Gasteiger partial charge in [-0.2, -0.15) is 0 Å². The normalized spacial score (nSPS) is 13.9. The van der Waals surface area contributed by atoms with Gasteiger partial charge in [0.15, 0.2) is 6.61 Å². The zero-order valence-electron chi connectivity index (χ0n) is 22.4. The minimum Gasteiger partial charge on any atom is -0.496 e. The molecule has 0 saturated heterocycles. The zero-order chi connectivity index (χ0) is 27.6. The van der Waals surface area contributed by atoms with Gasteiger partial charge in [0, 0.05) is 42.2 Å². The van der Waals surface area contributed by atoms with Crippen molar-refractivity contribution in [1.29, 1.82) is 0 Å². The highest BCUT2D eigenvalue weighted by Crippen LogP contribution is 2.28. The molecule has 8 heteroatoms. The fourth-order valence-electron chi connectivity index (χ4n) is 4.82. The second-order valence-corrected chi connectivity index (χ2v) is 10.1. The van der Waals surface area contributed by atoms with Crippen LogP contribution in [-0.2, 0) is 22.6 Å². The Balaban J connectivity index is 1.63. The maximum atomic E-state index is 13.8. The summed E-state index contributed by atoms with van der Waals surface area (Å²) in [4.78, 5) is 29.2. The van der Waals surface area contributed by atoms with E-state index in [1.807, 2.05) is 48.5 Å². The predicted octanol–water partition coefficient (Wildman–Crippen LogP) is 5.43. The van der Waals surface area contributed by atoms with Gasteiger partial charge in [-0.25, -0.2) is 0 Å². The molecular weight excluding hydrogens is 516 g/mol. The monoisotopic (exact) mass is 550 g/mol. The third kappa shape index (κ3) is 7.90. The molecule has 0 radical (unpaired) electrons. The molecule has 0 aromatic heterocycles. The minimum atomic E-state index is -0.750. The summed E-state index contributed by atoms with van der Waals surface area (Å²) < 4.78 is 16.5. The van der Waals surface area contributed by atoms with Crippen LogP contribution < -0.4 is 19.5 Å². The number of carbonyl (C=O) groups excluding carboxylic acids is 2. The lowest BCUT2D eigenvalue weighted by molar-refractivity contribution is -0.143. The van der Waals surface area contributed by atoms with Crippen molar-refractivity contribution in [3.05, 3.63) is 88.9 Å². The molecule has 7 nitrogen and oxygen atoms in total. The smallest absolute Gasteiger partial charge is 0.261 e. The molecule has 0 aliphatic heterocycles. The molecule has 3 aromatic rings. The van der Waals surface area contributed by atoms with E-state index in [-0.39, 0.29) is 31.0 Å². The molecule has 0 unspecified atom stereocenters. The number of methoxy groups -OCH3 is 2. The first kappa shape index (κ1) is 28.3. The van der Waals surface area contributed by atoms with Gasteiger partial charge in [-0.3, -0.25) is 9.59 Å². The summed E-state index contributed by atoms with van der Waals surface area (Å²) in [5.41, 5.74) is 1.71. The maximum absolute atomic E-state index is 13.8. The average molecular weight is 551 g/mol. The lowest BCUT2D eigenvalue weighted by atomic mass is 10.0. The largest absolute Gasteiger partial charge is 0.496 e. The Hall–Kier alpha value is -3.71. The first-order valence-electron chi connectivity index (χ1n) is 13.2. The van der Waals surface area contributed by atoms with Crippen LogP contribution in [0, 0.1) is 0 Å². The number of nitrogens with one attached hydrogen (secondary N) is 1. The van der Waals surface area contributed by atoms with Gasteiger partial charge in [0.25, 0.3) is 5.91 Å². The van der Waals surface area contributed by atoms with Crippen molar-refractivity contribution in [2.24, 2.45) is 0 Å². The standard InChI is InChI=1S/C31H35ClN2O5/c1-37-25-17-26(38-2)19-27(18-25)39-21-30(35)34(20-23-12-6-9-15-28(23)32)29(16-22-10-4-3-5-11-22)31(36)33-24-13-7-8-14-24/h3-6,9-12,15,17-19,24,29H,7-8,13-14,16,20-21H2,1-2H3,(H,33,36)/t29-/m1/s1. The van der Waals surface area contributed by atoms with Crippen LogP contribution in [0.5, 0.6) is 17.2 Å². The van der Waals surface area contributed by atoms with E-state index in [0.717, 1.165) is 36.8 Å². The number of rotatable bonds is 12. The minimum absolute atomic E-state index is 0.119. The third-order valence-corrected chi connectivity index (χ3v) is 7.33. The number of halogens is 1. The number of carbonyl (C=O) groups is 2. The highest BCUT2D eigenvalue weighted by molar-refractivity contribution is 6.31. The molecule has 0 spiro atoms. The number of amides is 2. The molecule has 206 valence electrons. The quantitative estimate of drug-likeness (QED) is 0.325. The van der Waals surface area contributed by atoms with E-state index < -0.39 is 6.04 Å². The van der Waals surface area contributed by atoms with Gasteiger partial charge in [-0.05, 0) is 30.0 Å². The van der Waals surface area contributed by atoms with Crippen molar-refractivity contribution in [1.82, 2.24) is 10.2 Å². The van der Waals surface area contributed by atoms with Crippen LogP contribution in [0.15, 0.2) is 72.8 Å². The Kier molecular flexibility index (Phi) is 10.1. The summed E-state index contributed by atoms with van der Waals surface area (Å²) in [5, 5.41) is 3.73. The molecule has 2 amide bonds. The van der Waals surface area contributed by atoms with Crippen molar-refractivity contribution < 1.29 is 23.8 Å². The Morgan fingerprint density at radius 2 is 1.54 bits per heavy atom. The van der Waals surface area contributed by atoms with E-state index in [9.17, 15) is 9.59 Å². The Morgan fingerprint density at radius 3 is 2.18 bits per heavy atom. The summed E-state index contributed by atoms with van der Waals surface area (Å²) in [7, 11) is 3.10. The van der Waals surface area contributed by atoms with Gasteiger partial charge in [-0.15, -0.1) is 0 Å². The van der Waals surface area contributed by atoms with Gasteiger partial charge < -0.3 is 24.4 Å². The van der Waals surface area contributed by atoms with Crippen molar-refractivity contribution in [2.45, 2.75) is 50.7 Å². The van der Waals surface area contributed by atoms with E-state index in [0.29, 0.717) is 28.7 Å². The van der Waals surface area contributed by atoms with Crippen molar-refractivity contribution >= 4 is 23.4 Å². The summed E-state index contributed by atoms with van der Waals surface area (Å²) in [6, 6.07) is 21.5. The summed E-state index contributed by atoms with van der Waals surface area (Å²) in [6.07, 6.45) is 4.44. The van der Waals surface area contributed by atoms with Crippen LogP contribution in [-0.4, -0.2) is 49.6 Å². The van der Waals surface area contributed by atoms with E-state index in [1.54, 1.807) is 43.4 Å². The lowest BCUT2D eigenvalue weighted by Crippen LogP contribution is -2.53. The molecule has 0 bridgehead atoms. The zero-order valence-corrected chi connectivity index (χ0v) is 23.2. The van der Waals surface area contributed by atoms with E-state index in [1.165, 1.54) is 0 Å². The number of hydrogen-bond acceptors (Lipinski definition) is 5. The number of hydrogen-bond donors (Lipinski definition) is 1. The fourth-order valence-corrected chi connectivity index (χ4v) is 5.02. The molecular formula is C31H35ClN2O5. The highest BCUT2D eigenvalue weighted by atomic mass is 35.5. The molecule has 1 atom stereocenters. The second-order valence-electron chi connectivity index (χ2n) is 9.65. The van der Waals surface area contributed by atoms with Crippen LogP contribution in [0.25, 0.3) is 0 Å².